The van der Waals surface area contributed by atoms with Crippen LogP contribution in [0.4, 0.5) is 0 Å². The van der Waals surface area contributed by atoms with Crippen molar-refractivity contribution in [1.29, 1.82) is 0 Å². The Balaban J connectivity index is 1.71. The first kappa shape index (κ1) is 15.8. The van der Waals surface area contributed by atoms with Crippen LogP contribution in [0.25, 0.3) is 0 Å². The van der Waals surface area contributed by atoms with Crippen LogP contribution in [-0.4, -0.2) is 42.6 Å². The number of benzene rings is 1. The van der Waals surface area contributed by atoms with Crippen LogP contribution in [0.5, 0.6) is 5.75 Å². The molecule has 0 radical (unpaired) electrons. The molecule has 21 heavy (non-hydrogen) atoms. The fourth-order valence-electron chi connectivity index (χ4n) is 2.81. The number of carbonyl (C=O) groups excluding carboxylic acids is 1. The largest absolute Gasteiger partial charge is 0.493 e. The van der Waals surface area contributed by atoms with E-state index in [0.717, 1.165) is 30.8 Å². The molecule has 2 rings (SSSR count). The van der Waals surface area contributed by atoms with Gasteiger partial charge in [0.05, 0.1) is 6.61 Å². The van der Waals surface area contributed by atoms with Crippen LogP contribution in [0.1, 0.15) is 32.3 Å². The zero-order valence-electron chi connectivity index (χ0n) is 13.3. The van der Waals surface area contributed by atoms with E-state index < -0.39 is 0 Å². The van der Waals surface area contributed by atoms with Crippen molar-refractivity contribution in [2.75, 3.05) is 19.7 Å². The molecule has 0 spiro atoms. The summed E-state index contributed by atoms with van der Waals surface area (Å²) >= 11 is 0. The van der Waals surface area contributed by atoms with E-state index in [1.54, 1.807) is 0 Å². The molecule has 4 nitrogen and oxygen atoms in total. The predicted molar refractivity (Wildman–Crippen MR) is 84.5 cm³/mol. The molecule has 1 fully saturated rings. The average molecular weight is 290 g/mol. The topological polar surface area (TPSA) is 41.6 Å². The van der Waals surface area contributed by atoms with Crippen molar-refractivity contribution in [1.82, 2.24) is 10.2 Å². The van der Waals surface area contributed by atoms with Crippen LogP contribution in [0.15, 0.2) is 24.3 Å². The molecular formula is C17H26N2O2. The lowest BCUT2D eigenvalue weighted by Crippen LogP contribution is -2.55. The van der Waals surface area contributed by atoms with Gasteiger partial charge in [-0.2, -0.15) is 0 Å². The number of ether oxygens (including phenoxy) is 1. The Morgan fingerprint density at radius 1 is 1.29 bits per heavy atom. The summed E-state index contributed by atoms with van der Waals surface area (Å²) in [6, 6.07) is 8.72. The van der Waals surface area contributed by atoms with Gasteiger partial charge in [-0.25, -0.2) is 0 Å². The quantitative estimate of drug-likeness (QED) is 0.847. The van der Waals surface area contributed by atoms with E-state index in [2.05, 4.69) is 19.2 Å². The maximum absolute atomic E-state index is 12.2. The SMILES string of the molecule is Cc1ccccc1OCCCC(=O)N1C[C@@H](C)N[C@H](C)C1. The van der Waals surface area contributed by atoms with E-state index in [1.165, 1.54) is 0 Å². The number of piperazine rings is 1. The second-order valence-corrected chi connectivity index (χ2v) is 5.98. The van der Waals surface area contributed by atoms with Crippen molar-refractivity contribution in [2.24, 2.45) is 0 Å². The van der Waals surface area contributed by atoms with Gasteiger partial charge in [-0.15, -0.1) is 0 Å². The minimum absolute atomic E-state index is 0.239. The summed E-state index contributed by atoms with van der Waals surface area (Å²) in [5.74, 6) is 1.15. The molecular weight excluding hydrogens is 264 g/mol. The molecule has 4 heteroatoms. The second-order valence-electron chi connectivity index (χ2n) is 5.98. The Labute approximate surface area is 127 Å². The minimum Gasteiger partial charge on any atom is -0.493 e. The molecule has 1 N–H and O–H groups in total. The number of nitrogens with zero attached hydrogens (tertiary/aromatic N) is 1. The van der Waals surface area contributed by atoms with Crippen molar-refractivity contribution < 1.29 is 9.53 Å². The number of aryl methyl sites for hydroxylation is 1. The molecule has 0 aliphatic carbocycles. The van der Waals surface area contributed by atoms with Crippen LogP contribution < -0.4 is 10.1 Å². The molecule has 1 saturated heterocycles. The fourth-order valence-corrected chi connectivity index (χ4v) is 2.81. The number of hydrogen-bond acceptors (Lipinski definition) is 3. The standard InChI is InChI=1S/C17H26N2O2/c1-13-7-4-5-8-16(13)21-10-6-9-17(20)19-11-14(2)18-15(3)12-19/h4-5,7-8,14-15,18H,6,9-12H2,1-3H3/t14-,15-/m1/s1. The van der Waals surface area contributed by atoms with Crippen LogP contribution >= 0.6 is 0 Å². The highest BCUT2D eigenvalue weighted by atomic mass is 16.5. The highest BCUT2D eigenvalue weighted by molar-refractivity contribution is 5.76. The summed E-state index contributed by atoms with van der Waals surface area (Å²) in [5, 5.41) is 3.44. The number of amides is 1. The Morgan fingerprint density at radius 3 is 2.62 bits per heavy atom. The molecule has 0 aromatic heterocycles. The van der Waals surface area contributed by atoms with E-state index in [1.807, 2.05) is 36.1 Å². The van der Waals surface area contributed by atoms with Gasteiger partial charge in [0.2, 0.25) is 5.91 Å². The summed E-state index contributed by atoms with van der Waals surface area (Å²) in [7, 11) is 0. The van der Waals surface area contributed by atoms with Crippen LogP contribution in [0, 0.1) is 6.92 Å². The second kappa shape index (κ2) is 7.46. The van der Waals surface area contributed by atoms with Crippen LogP contribution in [-0.2, 0) is 4.79 Å². The molecule has 0 unspecified atom stereocenters. The third-order valence-corrected chi connectivity index (χ3v) is 3.80. The third kappa shape index (κ3) is 4.74. The molecule has 2 atom stereocenters. The van der Waals surface area contributed by atoms with Crippen LogP contribution in [0.2, 0.25) is 0 Å². The summed E-state index contributed by atoms with van der Waals surface area (Å²) in [5.41, 5.74) is 1.13. The van der Waals surface area contributed by atoms with Gasteiger partial charge in [0, 0.05) is 31.6 Å². The lowest BCUT2D eigenvalue weighted by Gasteiger charge is -2.36. The van der Waals surface area contributed by atoms with E-state index >= 15 is 0 Å². The molecule has 0 bridgehead atoms. The first-order valence-corrected chi connectivity index (χ1v) is 7.78. The van der Waals surface area contributed by atoms with Gasteiger partial charge in [0.25, 0.3) is 0 Å². The Bertz CT molecular complexity index is 466. The van der Waals surface area contributed by atoms with E-state index in [0.29, 0.717) is 25.1 Å². The minimum atomic E-state index is 0.239. The molecule has 0 saturated carbocycles. The number of para-hydroxylation sites is 1. The Morgan fingerprint density at radius 2 is 1.95 bits per heavy atom. The molecule has 1 heterocycles. The van der Waals surface area contributed by atoms with Gasteiger partial charge in [-0.3, -0.25) is 4.79 Å². The lowest BCUT2D eigenvalue weighted by molar-refractivity contribution is -0.133. The van der Waals surface area contributed by atoms with Crippen LogP contribution in [0.3, 0.4) is 0 Å². The lowest BCUT2D eigenvalue weighted by atomic mass is 10.1. The number of rotatable bonds is 5. The first-order valence-electron chi connectivity index (χ1n) is 7.78. The van der Waals surface area contributed by atoms with Crippen molar-refractivity contribution >= 4 is 5.91 Å². The van der Waals surface area contributed by atoms with Crippen molar-refractivity contribution in [2.45, 2.75) is 45.7 Å². The zero-order chi connectivity index (χ0) is 15.2. The summed E-state index contributed by atoms with van der Waals surface area (Å²) in [4.78, 5) is 14.2. The first-order chi connectivity index (χ1) is 10.1. The van der Waals surface area contributed by atoms with E-state index in [4.69, 9.17) is 4.74 Å². The van der Waals surface area contributed by atoms with Crippen molar-refractivity contribution in [3.63, 3.8) is 0 Å². The molecule has 1 aliphatic rings. The molecule has 1 aliphatic heterocycles. The normalized spacial score (nSPS) is 22.1. The van der Waals surface area contributed by atoms with Gasteiger partial charge in [0.15, 0.2) is 0 Å². The Kier molecular flexibility index (Phi) is 5.62. The number of nitrogens with one attached hydrogen (secondary N) is 1. The highest BCUT2D eigenvalue weighted by Gasteiger charge is 2.24. The number of hydrogen-bond donors (Lipinski definition) is 1. The molecule has 1 aromatic carbocycles. The predicted octanol–water partition coefficient (Wildman–Crippen LogP) is 2.36. The summed E-state index contributed by atoms with van der Waals surface area (Å²) < 4.78 is 5.73. The summed E-state index contributed by atoms with van der Waals surface area (Å²) in [6.07, 6.45) is 1.32. The maximum Gasteiger partial charge on any atom is 0.222 e. The Hall–Kier alpha value is -1.55. The van der Waals surface area contributed by atoms with E-state index in [9.17, 15) is 4.79 Å². The molecule has 116 valence electrons. The van der Waals surface area contributed by atoms with Gasteiger partial charge >= 0.3 is 0 Å². The van der Waals surface area contributed by atoms with Gasteiger partial charge in [-0.05, 0) is 38.8 Å². The van der Waals surface area contributed by atoms with Gasteiger partial charge in [-0.1, -0.05) is 18.2 Å². The molecule has 1 amide bonds. The number of carbonyl (C=O) groups is 1. The summed E-state index contributed by atoms with van der Waals surface area (Å²) in [6.45, 7) is 8.48. The molecule has 1 aromatic rings. The monoisotopic (exact) mass is 290 g/mol. The average Bonchev–Trinajstić information content (AvgIpc) is 2.44. The highest BCUT2D eigenvalue weighted by Crippen LogP contribution is 2.16. The fraction of sp³-hybridized carbons (Fsp3) is 0.588. The smallest absolute Gasteiger partial charge is 0.222 e. The maximum atomic E-state index is 12.2. The van der Waals surface area contributed by atoms with Crippen molar-refractivity contribution in [3.05, 3.63) is 29.8 Å². The van der Waals surface area contributed by atoms with Gasteiger partial charge in [0.1, 0.15) is 5.75 Å². The van der Waals surface area contributed by atoms with Crippen molar-refractivity contribution in [3.8, 4) is 5.75 Å². The third-order valence-electron chi connectivity index (χ3n) is 3.80. The van der Waals surface area contributed by atoms with Gasteiger partial charge < -0.3 is 15.0 Å². The van der Waals surface area contributed by atoms with E-state index in [-0.39, 0.29) is 5.91 Å². The zero-order valence-corrected chi connectivity index (χ0v) is 13.3.